The highest BCUT2D eigenvalue weighted by Crippen LogP contribution is 2.29. The Kier molecular flexibility index (Phi) is 3.93. The minimum Gasteiger partial charge on any atom is -0.367 e. The minimum atomic E-state index is -4.46. The second-order valence-electron chi connectivity index (χ2n) is 6.07. The van der Waals surface area contributed by atoms with Crippen molar-refractivity contribution in [2.45, 2.75) is 6.18 Å². The molecule has 3 aromatic heterocycles. The summed E-state index contributed by atoms with van der Waals surface area (Å²) in [6.45, 7) is 2.60. The number of hydrogen-bond donors (Lipinski definition) is 0. The Morgan fingerprint density at radius 1 is 0.846 bits per heavy atom. The van der Waals surface area contributed by atoms with Gasteiger partial charge in [0.1, 0.15) is 11.5 Å². The van der Waals surface area contributed by atoms with Gasteiger partial charge in [-0.2, -0.15) is 17.6 Å². The second kappa shape index (κ2) is 6.15. The molecule has 5 nitrogen and oxygen atoms in total. The van der Waals surface area contributed by atoms with Gasteiger partial charge in [0, 0.05) is 38.6 Å². The van der Waals surface area contributed by atoms with E-state index in [-0.39, 0.29) is 5.65 Å². The Hall–Kier alpha value is -2.84. The number of anilines is 2. The molecule has 0 N–H and O–H groups in total. The highest BCUT2D eigenvalue weighted by Gasteiger charge is 2.34. The van der Waals surface area contributed by atoms with Crippen molar-refractivity contribution in [1.82, 2.24) is 14.4 Å². The monoisotopic (exact) mass is 365 g/mol. The molecule has 26 heavy (non-hydrogen) atoms. The summed E-state index contributed by atoms with van der Waals surface area (Å²) in [6.07, 6.45) is -1.82. The molecule has 0 amide bonds. The largest absolute Gasteiger partial charge is 0.434 e. The van der Waals surface area contributed by atoms with E-state index in [0.29, 0.717) is 32.0 Å². The molecule has 4 heterocycles. The molecular formula is C17H15F4N5. The van der Waals surface area contributed by atoms with Crippen LogP contribution in [-0.4, -0.2) is 40.5 Å². The molecular weight excluding hydrogens is 350 g/mol. The van der Waals surface area contributed by atoms with Crippen molar-refractivity contribution in [3.63, 3.8) is 0 Å². The first kappa shape index (κ1) is 16.6. The van der Waals surface area contributed by atoms with Gasteiger partial charge in [-0.15, -0.1) is 0 Å². The highest BCUT2D eigenvalue weighted by molar-refractivity contribution is 5.54. The molecule has 1 saturated heterocycles. The molecule has 1 aliphatic rings. The molecule has 0 atom stereocenters. The lowest BCUT2D eigenvalue weighted by Gasteiger charge is -2.36. The van der Waals surface area contributed by atoms with Crippen LogP contribution in [0.1, 0.15) is 5.69 Å². The molecule has 0 aromatic carbocycles. The molecule has 0 unspecified atom stereocenters. The molecule has 0 spiro atoms. The van der Waals surface area contributed by atoms with E-state index in [1.807, 2.05) is 4.90 Å². The molecule has 0 aliphatic carbocycles. The van der Waals surface area contributed by atoms with E-state index in [1.165, 1.54) is 10.5 Å². The van der Waals surface area contributed by atoms with E-state index in [2.05, 4.69) is 14.9 Å². The van der Waals surface area contributed by atoms with Gasteiger partial charge in [0.15, 0.2) is 5.69 Å². The third kappa shape index (κ3) is 3.16. The topological polar surface area (TPSA) is 36.7 Å². The smallest absolute Gasteiger partial charge is 0.367 e. The minimum absolute atomic E-state index is 0.253. The summed E-state index contributed by atoms with van der Waals surface area (Å²) in [6, 6.07) is 8.02. The van der Waals surface area contributed by atoms with E-state index in [1.54, 1.807) is 30.5 Å². The molecule has 1 fully saturated rings. The Morgan fingerprint density at radius 2 is 1.58 bits per heavy atom. The van der Waals surface area contributed by atoms with Gasteiger partial charge in [-0.25, -0.2) is 9.97 Å². The first-order chi connectivity index (χ1) is 12.4. The number of piperazine rings is 1. The lowest BCUT2D eigenvalue weighted by atomic mass is 10.2. The lowest BCUT2D eigenvalue weighted by molar-refractivity contribution is -0.140. The zero-order valence-electron chi connectivity index (χ0n) is 13.6. The average Bonchev–Trinajstić information content (AvgIpc) is 3.05. The predicted octanol–water partition coefficient (Wildman–Crippen LogP) is 3.21. The van der Waals surface area contributed by atoms with Crippen LogP contribution in [0.15, 0.2) is 42.7 Å². The summed E-state index contributed by atoms with van der Waals surface area (Å²) in [7, 11) is 0. The highest BCUT2D eigenvalue weighted by atomic mass is 19.4. The number of fused-ring (bicyclic) bond motifs is 1. The fraction of sp³-hybridized carbons (Fsp3) is 0.294. The van der Waals surface area contributed by atoms with Crippen molar-refractivity contribution in [3.8, 4) is 0 Å². The van der Waals surface area contributed by atoms with Gasteiger partial charge in [-0.1, -0.05) is 6.07 Å². The molecule has 0 bridgehead atoms. The van der Waals surface area contributed by atoms with E-state index in [4.69, 9.17) is 0 Å². The zero-order valence-corrected chi connectivity index (χ0v) is 13.6. The standard InChI is InChI=1S/C17H15F4N5/c18-14-2-1-3-15(23-14)25-8-6-24(7-9-25)12-4-5-16-22-13(17(19,20)21)11-26(16)10-12/h1-5,10-11H,6-9H2. The van der Waals surface area contributed by atoms with Crippen LogP contribution in [0.2, 0.25) is 0 Å². The molecule has 136 valence electrons. The SMILES string of the molecule is Fc1cccc(N2CCN(c3ccc4nc(C(F)(F)F)cn4c3)CC2)n1. The van der Waals surface area contributed by atoms with Crippen LogP contribution in [0.25, 0.3) is 5.65 Å². The van der Waals surface area contributed by atoms with Crippen molar-refractivity contribution >= 4 is 17.2 Å². The van der Waals surface area contributed by atoms with Crippen molar-refractivity contribution < 1.29 is 17.6 Å². The molecule has 1 aliphatic heterocycles. The number of imidazole rings is 1. The van der Waals surface area contributed by atoms with E-state index >= 15 is 0 Å². The summed E-state index contributed by atoms with van der Waals surface area (Å²) in [5, 5.41) is 0. The predicted molar refractivity (Wildman–Crippen MR) is 88.8 cm³/mol. The van der Waals surface area contributed by atoms with Gasteiger partial charge in [0.2, 0.25) is 5.95 Å². The summed E-state index contributed by atoms with van der Waals surface area (Å²) >= 11 is 0. The molecule has 9 heteroatoms. The fourth-order valence-corrected chi connectivity index (χ4v) is 3.07. The van der Waals surface area contributed by atoms with Crippen LogP contribution in [0.5, 0.6) is 0 Å². The maximum absolute atomic E-state index is 13.3. The zero-order chi connectivity index (χ0) is 18.3. The summed E-state index contributed by atoms with van der Waals surface area (Å²) < 4.78 is 53.0. The summed E-state index contributed by atoms with van der Waals surface area (Å²) in [4.78, 5) is 11.5. The van der Waals surface area contributed by atoms with Gasteiger partial charge < -0.3 is 14.2 Å². The van der Waals surface area contributed by atoms with Crippen molar-refractivity contribution in [3.05, 3.63) is 54.4 Å². The van der Waals surface area contributed by atoms with Crippen molar-refractivity contribution in [2.24, 2.45) is 0 Å². The first-order valence-electron chi connectivity index (χ1n) is 8.08. The normalized spacial score (nSPS) is 15.7. The van der Waals surface area contributed by atoms with E-state index < -0.39 is 17.8 Å². The Bertz CT molecular complexity index is 928. The van der Waals surface area contributed by atoms with E-state index in [9.17, 15) is 17.6 Å². The maximum Gasteiger partial charge on any atom is 0.434 e. The number of halogens is 4. The number of pyridine rings is 2. The van der Waals surface area contributed by atoms with Gasteiger partial charge in [-0.05, 0) is 24.3 Å². The van der Waals surface area contributed by atoms with Crippen LogP contribution in [0.3, 0.4) is 0 Å². The molecule has 4 rings (SSSR count). The average molecular weight is 365 g/mol. The van der Waals surface area contributed by atoms with Crippen LogP contribution < -0.4 is 9.80 Å². The number of hydrogen-bond acceptors (Lipinski definition) is 4. The number of aromatic nitrogens is 3. The van der Waals surface area contributed by atoms with Gasteiger partial charge in [0.25, 0.3) is 0 Å². The number of rotatable bonds is 2. The third-order valence-electron chi connectivity index (χ3n) is 4.40. The molecule has 0 radical (unpaired) electrons. The van der Waals surface area contributed by atoms with Crippen LogP contribution >= 0.6 is 0 Å². The first-order valence-corrected chi connectivity index (χ1v) is 8.08. The van der Waals surface area contributed by atoms with Crippen molar-refractivity contribution in [1.29, 1.82) is 0 Å². The number of nitrogens with zero attached hydrogens (tertiary/aromatic N) is 5. The van der Waals surface area contributed by atoms with Crippen LogP contribution in [-0.2, 0) is 6.18 Å². The third-order valence-corrected chi connectivity index (χ3v) is 4.40. The Balaban J connectivity index is 1.50. The fourth-order valence-electron chi connectivity index (χ4n) is 3.07. The summed E-state index contributed by atoms with van der Waals surface area (Å²) in [5.41, 5.74) is 0.163. The Labute approximate surface area is 146 Å². The number of alkyl halides is 3. The second-order valence-corrected chi connectivity index (χ2v) is 6.07. The quantitative estimate of drug-likeness (QED) is 0.516. The van der Waals surface area contributed by atoms with Crippen molar-refractivity contribution in [2.75, 3.05) is 36.0 Å². The van der Waals surface area contributed by atoms with Gasteiger partial charge >= 0.3 is 6.18 Å². The molecule has 0 saturated carbocycles. The van der Waals surface area contributed by atoms with Crippen LogP contribution in [0.4, 0.5) is 29.1 Å². The lowest BCUT2D eigenvalue weighted by Crippen LogP contribution is -2.46. The molecule has 3 aromatic rings. The van der Waals surface area contributed by atoms with Crippen LogP contribution in [0, 0.1) is 5.95 Å². The van der Waals surface area contributed by atoms with Gasteiger partial charge in [-0.3, -0.25) is 0 Å². The van der Waals surface area contributed by atoms with Gasteiger partial charge in [0.05, 0.1) is 5.69 Å². The Morgan fingerprint density at radius 3 is 2.27 bits per heavy atom. The summed E-state index contributed by atoms with van der Waals surface area (Å²) in [5.74, 6) is 0.0699. The van der Waals surface area contributed by atoms with E-state index in [0.717, 1.165) is 11.9 Å². The maximum atomic E-state index is 13.3.